The number of hydrogen-bond donors (Lipinski definition) is 3. The lowest BCUT2D eigenvalue weighted by atomic mass is 9.85. The standard InChI is InChI=1S/C23H28FN3O4S/c1-15(17-3-7-19(24)8-4-17)25-23(29)18-5-9-21(10-6-18)27-32(30,31)22-13-11-20(12-14-22)26-16(2)28/h3-4,7-8,11-15,18,21,27H,5-6,9-10H2,1-2H3,(H,25,29)(H,26,28)/t15-,18-,21-/m1/s1. The van der Waals surface area contributed by atoms with E-state index in [-0.39, 0.29) is 40.5 Å². The molecule has 2 amide bonds. The smallest absolute Gasteiger partial charge is 0.240 e. The summed E-state index contributed by atoms with van der Waals surface area (Å²) in [6.45, 7) is 3.23. The normalized spacial score (nSPS) is 19.7. The molecule has 0 spiro atoms. The van der Waals surface area contributed by atoms with Gasteiger partial charge in [0.25, 0.3) is 0 Å². The van der Waals surface area contributed by atoms with Gasteiger partial charge in [0.05, 0.1) is 10.9 Å². The number of halogens is 1. The lowest BCUT2D eigenvalue weighted by Gasteiger charge is -2.29. The molecular formula is C23H28FN3O4S. The van der Waals surface area contributed by atoms with Crippen LogP contribution < -0.4 is 15.4 Å². The Kier molecular flexibility index (Phi) is 7.63. The van der Waals surface area contributed by atoms with Gasteiger partial charge in [0.15, 0.2) is 0 Å². The summed E-state index contributed by atoms with van der Waals surface area (Å²) in [5, 5.41) is 5.56. The van der Waals surface area contributed by atoms with Crippen molar-refractivity contribution in [1.82, 2.24) is 10.0 Å². The van der Waals surface area contributed by atoms with Crippen molar-refractivity contribution >= 4 is 27.5 Å². The number of anilines is 1. The third-order valence-corrected chi connectivity index (χ3v) is 7.17. The second-order valence-electron chi connectivity index (χ2n) is 8.16. The van der Waals surface area contributed by atoms with E-state index >= 15 is 0 Å². The first-order valence-corrected chi connectivity index (χ1v) is 12.1. The van der Waals surface area contributed by atoms with E-state index in [9.17, 15) is 22.4 Å². The monoisotopic (exact) mass is 461 g/mol. The Morgan fingerprint density at radius 3 is 2.12 bits per heavy atom. The number of carbonyl (C=O) groups is 2. The molecule has 0 aromatic heterocycles. The molecule has 172 valence electrons. The summed E-state index contributed by atoms with van der Waals surface area (Å²) >= 11 is 0. The molecule has 0 unspecified atom stereocenters. The maximum atomic E-state index is 13.1. The van der Waals surface area contributed by atoms with E-state index in [0.717, 1.165) is 5.56 Å². The van der Waals surface area contributed by atoms with Crippen molar-refractivity contribution in [3.8, 4) is 0 Å². The van der Waals surface area contributed by atoms with Crippen molar-refractivity contribution < 1.29 is 22.4 Å². The van der Waals surface area contributed by atoms with Crippen molar-refractivity contribution in [1.29, 1.82) is 0 Å². The van der Waals surface area contributed by atoms with Gasteiger partial charge in [0, 0.05) is 24.6 Å². The number of hydrogen-bond acceptors (Lipinski definition) is 4. The molecule has 7 nitrogen and oxygen atoms in total. The van der Waals surface area contributed by atoms with Gasteiger partial charge >= 0.3 is 0 Å². The predicted octanol–water partition coefficient (Wildman–Crippen LogP) is 3.50. The van der Waals surface area contributed by atoms with Crippen LogP contribution in [0.15, 0.2) is 53.4 Å². The Labute approximate surface area is 187 Å². The average Bonchev–Trinajstić information content (AvgIpc) is 2.74. The van der Waals surface area contributed by atoms with Crippen LogP contribution in [0.4, 0.5) is 10.1 Å². The van der Waals surface area contributed by atoms with Gasteiger partial charge in [-0.3, -0.25) is 9.59 Å². The minimum Gasteiger partial charge on any atom is -0.349 e. The van der Waals surface area contributed by atoms with Crippen molar-refractivity contribution in [3.63, 3.8) is 0 Å². The largest absolute Gasteiger partial charge is 0.349 e. The van der Waals surface area contributed by atoms with Crippen molar-refractivity contribution in [2.45, 2.75) is 56.5 Å². The summed E-state index contributed by atoms with van der Waals surface area (Å²) in [6.07, 6.45) is 2.28. The summed E-state index contributed by atoms with van der Waals surface area (Å²) in [4.78, 5) is 23.8. The molecule has 2 aromatic rings. The number of benzene rings is 2. The molecule has 0 bridgehead atoms. The average molecular weight is 462 g/mol. The molecule has 9 heteroatoms. The van der Waals surface area contributed by atoms with E-state index in [2.05, 4.69) is 15.4 Å². The second kappa shape index (κ2) is 10.2. The van der Waals surface area contributed by atoms with E-state index < -0.39 is 10.0 Å². The van der Waals surface area contributed by atoms with E-state index in [4.69, 9.17) is 0 Å². The zero-order valence-corrected chi connectivity index (χ0v) is 18.9. The fourth-order valence-electron chi connectivity index (χ4n) is 3.85. The number of amides is 2. The highest BCUT2D eigenvalue weighted by atomic mass is 32.2. The Morgan fingerprint density at radius 1 is 0.969 bits per heavy atom. The first-order chi connectivity index (χ1) is 15.1. The summed E-state index contributed by atoms with van der Waals surface area (Å²) in [5.41, 5.74) is 1.35. The highest BCUT2D eigenvalue weighted by Gasteiger charge is 2.29. The molecule has 0 aliphatic heterocycles. The van der Waals surface area contributed by atoms with Crippen LogP contribution in [-0.4, -0.2) is 26.3 Å². The molecule has 1 aliphatic rings. The molecule has 3 rings (SSSR count). The first-order valence-electron chi connectivity index (χ1n) is 10.6. The highest BCUT2D eigenvalue weighted by Crippen LogP contribution is 2.27. The topological polar surface area (TPSA) is 104 Å². The predicted molar refractivity (Wildman–Crippen MR) is 120 cm³/mol. The van der Waals surface area contributed by atoms with Gasteiger partial charge in [-0.1, -0.05) is 12.1 Å². The molecule has 0 radical (unpaired) electrons. The summed E-state index contributed by atoms with van der Waals surface area (Å²) in [7, 11) is -3.70. The van der Waals surface area contributed by atoms with Crippen LogP contribution in [0.1, 0.15) is 51.1 Å². The quantitative estimate of drug-likeness (QED) is 0.587. The maximum Gasteiger partial charge on any atom is 0.240 e. The Hall–Kier alpha value is -2.78. The Morgan fingerprint density at radius 2 is 1.56 bits per heavy atom. The molecule has 2 aromatic carbocycles. The third kappa shape index (κ3) is 6.37. The van der Waals surface area contributed by atoms with E-state index in [1.807, 2.05) is 6.92 Å². The summed E-state index contributed by atoms with van der Waals surface area (Å²) in [5.74, 6) is -0.810. The van der Waals surface area contributed by atoms with Crippen LogP contribution in [0.2, 0.25) is 0 Å². The molecule has 32 heavy (non-hydrogen) atoms. The van der Waals surface area contributed by atoms with Crippen LogP contribution in [0.25, 0.3) is 0 Å². The number of carbonyl (C=O) groups excluding carboxylic acids is 2. The van der Waals surface area contributed by atoms with Crippen molar-refractivity contribution in [3.05, 3.63) is 59.9 Å². The van der Waals surface area contributed by atoms with Gasteiger partial charge in [0.2, 0.25) is 21.8 Å². The van der Waals surface area contributed by atoms with Gasteiger partial charge in [-0.05, 0) is 74.6 Å². The van der Waals surface area contributed by atoms with Gasteiger partial charge in [-0.15, -0.1) is 0 Å². The molecule has 0 heterocycles. The van der Waals surface area contributed by atoms with Crippen LogP contribution >= 0.6 is 0 Å². The minimum atomic E-state index is -3.70. The maximum absolute atomic E-state index is 13.1. The van der Waals surface area contributed by atoms with Gasteiger partial charge in [-0.25, -0.2) is 17.5 Å². The van der Waals surface area contributed by atoms with Crippen LogP contribution in [0.3, 0.4) is 0 Å². The number of sulfonamides is 1. The Balaban J connectivity index is 1.50. The highest BCUT2D eigenvalue weighted by molar-refractivity contribution is 7.89. The van der Waals surface area contributed by atoms with E-state index in [1.165, 1.54) is 31.2 Å². The fourth-order valence-corrected chi connectivity index (χ4v) is 5.15. The van der Waals surface area contributed by atoms with Crippen LogP contribution in [0, 0.1) is 11.7 Å². The van der Waals surface area contributed by atoms with Gasteiger partial charge in [-0.2, -0.15) is 0 Å². The summed E-state index contributed by atoms with van der Waals surface area (Å²) < 4.78 is 41.1. The lowest BCUT2D eigenvalue weighted by Crippen LogP contribution is -2.41. The van der Waals surface area contributed by atoms with Crippen LogP contribution in [0.5, 0.6) is 0 Å². The molecular weight excluding hydrogens is 433 g/mol. The molecule has 1 fully saturated rings. The SMILES string of the molecule is CC(=O)Nc1ccc(S(=O)(=O)N[C@H]2CC[C@H](C(=O)N[C@H](C)c3ccc(F)cc3)CC2)cc1. The number of rotatable bonds is 7. The number of nitrogens with one attached hydrogen (secondary N) is 3. The first kappa shape index (κ1) is 23.9. The molecule has 1 atom stereocenters. The fraction of sp³-hybridized carbons (Fsp3) is 0.391. The Bertz CT molecular complexity index is 1050. The van der Waals surface area contributed by atoms with Gasteiger partial charge < -0.3 is 10.6 Å². The third-order valence-electron chi connectivity index (χ3n) is 5.63. The van der Waals surface area contributed by atoms with E-state index in [0.29, 0.717) is 31.4 Å². The second-order valence-corrected chi connectivity index (χ2v) is 9.87. The summed E-state index contributed by atoms with van der Waals surface area (Å²) in [6, 6.07) is 11.5. The zero-order chi connectivity index (χ0) is 23.3. The zero-order valence-electron chi connectivity index (χ0n) is 18.1. The molecule has 3 N–H and O–H groups in total. The van der Waals surface area contributed by atoms with Crippen molar-refractivity contribution in [2.24, 2.45) is 5.92 Å². The lowest BCUT2D eigenvalue weighted by molar-refractivity contribution is -0.126. The minimum absolute atomic E-state index is 0.0725. The van der Waals surface area contributed by atoms with Gasteiger partial charge in [0.1, 0.15) is 5.82 Å². The molecule has 0 saturated heterocycles. The molecule has 1 aliphatic carbocycles. The van der Waals surface area contributed by atoms with Crippen LogP contribution in [-0.2, 0) is 19.6 Å². The van der Waals surface area contributed by atoms with E-state index in [1.54, 1.807) is 24.3 Å². The molecule has 1 saturated carbocycles. The van der Waals surface area contributed by atoms with Crippen molar-refractivity contribution in [2.75, 3.05) is 5.32 Å².